The molecule has 0 fully saturated rings. The Morgan fingerprint density at radius 1 is 1.00 bits per heavy atom. The van der Waals surface area contributed by atoms with Crippen LogP contribution < -0.4 is 10.6 Å². The van der Waals surface area contributed by atoms with E-state index >= 15 is 0 Å². The highest BCUT2D eigenvalue weighted by Gasteiger charge is 2.11. The molecule has 0 aliphatic heterocycles. The minimum atomic E-state index is 0.430. The van der Waals surface area contributed by atoms with Crippen molar-refractivity contribution in [1.29, 1.82) is 0 Å². The maximum atomic E-state index is 6.29. The first-order valence-electron chi connectivity index (χ1n) is 9.59. The molecule has 2 aromatic heterocycles. The van der Waals surface area contributed by atoms with Crippen LogP contribution in [0.25, 0.3) is 0 Å². The zero-order chi connectivity index (χ0) is 21.8. The number of halogens is 2. The van der Waals surface area contributed by atoms with E-state index in [4.69, 9.17) is 35.4 Å². The van der Waals surface area contributed by atoms with E-state index in [0.29, 0.717) is 34.1 Å². The summed E-state index contributed by atoms with van der Waals surface area (Å²) in [5, 5.41) is 16.9. The van der Waals surface area contributed by atoms with Crippen LogP contribution in [0.15, 0.2) is 67.0 Å². The molecule has 0 atom stereocenters. The normalized spacial score (nSPS) is 10.8. The summed E-state index contributed by atoms with van der Waals surface area (Å²) in [6.07, 6.45) is 3.64. The second-order valence-electron chi connectivity index (χ2n) is 7.02. The van der Waals surface area contributed by atoms with Gasteiger partial charge in [-0.2, -0.15) is 10.2 Å². The van der Waals surface area contributed by atoms with E-state index in [-0.39, 0.29) is 0 Å². The van der Waals surface area contributed by atoms with Crippen molar-refractivity contribution < 1.29 is 0 Å². The van der Waals surface area contributed by atoms with Gasteiger partial charge in [-0.25, -0.2) is 0 Å². The highest BCUT2D eigenvalue weighted by molar-refractivity contribution is 7.80. The van der Waals surface area contributed by atoms with Crippen LogP contribution in [-0.4, -0.2) is 24.7 Å². The summed E-state index contributed by atoms with van der Waals surface area (Å²) in [6.45, 7) is 3.13. The Kier molecular flexibility index (Phi) is 6.56. The number of hydrogen-bond donors (Lipinski definition) is 2. The largest absolute Gasteiger partial charge is 0.330 e. The lowest BCUT2D eigenvalue weighted by Crippen LogP contribution is -2.19. The monoisotopic (exact) mass is 470 g/mol. The van der Waals surface area contributed by atoms with Gasteiger partial charge in [0.05, 0.1) is 25.0 Å². The number of nitrogens with zero attached hydrogens (tertiary/aromatic N) is 4. The van der Waals surface area contributed by atoms with Gasteiger partial charge >= 0.3 is 0 Å². The van der Waals surface area contributed by atoms with Crippen LogP contribution in [-0.2, 0) is 13.1 Å². The van der Waals surface area contributed by atoms with Crippen LogP contribution in [0.3, 0.4) is 0 Å². The van der Waals surface area contributed by atoms with Crippen molar-refractivity contribution in [3.8, 4) is 0 Å². The Balaban J connectivity index is 1.38. The maximum Gasteiger partial charge on any atom is 0.176 e. The van der Waals surface area contributed by atoms with Gasteiger partial charge in [-0.1, -0.05) is 59.6 Å². The van der Waals surface area contributed by atoms with Crippen LogP contribution in [0.4, 0.5) is 11.5 Å². The van der Waals surface area contributed by atoms with Gasteiger partial charge in [-0.05, 0) is 36.8 Å². The number of aromatic nitrogens is 4. The molecule has 0 aliphatic carbocycles. The lowest BCUT2D eigenvalue weighted by atomic mass is 10.2. The van der Waals surface area contributed by atoms with Crippen molar-refractivity contribution in [3.05, 3.63) is 93.9 Å². The van der Waals surface area contributed by atoms with E-state index < -0.39 is 0 Å². The molecule has 0 unspecified atom stereocenters. The van der Waals surface area contributed by atoms with Crippen LogP contribution >= 0.6 is 35.4 Å². The molecular weight excluding hydrogens is 451 g/mol. The molecule has 0 radical (unpaired) electrons. The summed E-state index contributed by atoms with van der Waals surface area (Å²) in [5.74, 6) is 0.634. The van der Waals surface area contributed by atoms with E-state index in [9.17, 15) is 0 Å². The van der Waals surface area contributed by atoms with Crippen molar-refractivity contribution in [3.63, 3.8) is 0 Å². The van der Waals surface area contributed by atoms with Crippen LogP contribution in [0.5, 0.6) is 0 Å². The van der Waals surface area contributed by atoms with Crippen molar-refractivity contribution in [2.24, 2.45) is 0 Å². The standard InChI is InChI=1S/C22H20Cl2N6S/c1-15-10-21(28-30(15)14-18-19(23)8-5-9-20(18)24)27-22(31)26-17-11-25-29(13-17)12-16-6-3-2-4-7-16/h2-11,13H,12,14H2,1H3,(H2,26,27,28,31). The molecule has 0 saturated carbocycles. The Bertz CT molecular complexity index is 1180. The fourth-order valence-corrected chi connectivity index (χ4v) is 3.87. The fourth-order valence-electron chi connectivity index (χ4n) is 3.13. The average molecular weight is 471 g/mol. The van der Waals surface area contributed by atoms with Crippen molar-refractivity contribution in [2.75, 3.05) is 10.6 Å². The molecule has 2 aromatic carbocycles. The molecule has 4 aromatic rings. The molecule has 2 N–H and O–H groups in total. The third-order valence-electron chi connectivity index (χ3n) is 4.67. The number of hydrogen-bond acceptors (Lipinski definition) is 3. The molecule has 2 heterocycles. The Morgan fingerprint density at radius 3 is 2.48 bits per heavy atom. The molecule has 0 bridgehead atoms. The predicted octanol–water partition coefficient (Wildman–Crippen LogP) is 5.60. The van der Waals surface area contributed by atoms with Gasteiger partial charge in [0, 0.05) is 33.6 Å². The van der Waals surface area contributed by atoms with Gasteiger partial charge in [-0.3, -0.25) is 9.36 Å². The molecule has 0 saturated heterocycles. The van der Waals surface area contributed by atoms with E-state index in [1.165, 1.54) is 5.56 Å². The quantitative estimate of drug-likeness (QED) is 0.359. The molecule has 6 nitrogen and oxygen atoms in total. The number of rotatable bonds is 6. The third-order valence-corrected chi connectivity index (χ3v) is 5.58. The lowest BCUT2D eigenvalue weighted by Gasteiger charge is -2.09. The zero-order valence-corrected chi connectivity index (χ0v) is 19.0. The van der Waals surface area contributed by atoms with Gasteiger partial charge < -0.3 is 10.6 Å². The molecule has 0 spiro atoms. The fraction of sp³-hybridized carbons (Fsp3) is 0.136. The number of thiocarbonyl (C=S) groups is 1. The van der Waals surface area contributed by atoms with Gasteiger partial charge in [0.25, 0.3) is 0 Å². The van der Waals surface area contributed by atoms with Crippen molar-refractivity contribution in [1.82, 2.24) is 19.6 Å². The number of benzene rings is 2. The molecule has 9 heteroatoms. The Labute approximate surface area is 195 Å². The lowest BCUT2D eigenvalue weighted by molar-refractivity contribution is 0.668. The summed E-state index contributed by atoms with van der Waals surface area (Å²) in [7, 11) is 0. The number of anilines is 2. The smallest absolute Gasteiger partial charge is 0.176 e. The number of aryl methyl sites for hydroxylation is 1. The van der Waals surface area contributed by atoms with Gasteiger partial charge in [0.1, 0.15) is 0 Å². The topological polar surface area (TPSA) is 59.7 Å². The highest BCUT2D eigenvalue weighted by Crippen LogP contribution is 2.25. The maximum absolute atomic E-state index is 6.29. The second kappa shape index (κ2) is 9.51. The van der Waals surface area contributed by atoms with Crippen LogP contribution in [0.1, 0.15) is 16.8 Å². The van der Waals surface area contributed by atoms with E-state index in [1.54, 1.807) is 6.20 Å². The van der Waals surface area contributed by atoms with Gasteiger partial charge in [0.15, 0.2) is 10.9 Å². The van der Waals surface area contributed by atoms with E-state index in [2.05, 4.69) is 33.0 Å². The Hall–Kier alpha value is -2.87. The molecule has 158 valence electrons. The van der Waals surface area contributed by atoms with Crippen LogP contribution in [0, 0.1) is 6.92 Å². The number of nitrogens with one attached hydrogen (secondary N) is 2. The third kappa shape index (κ3) is 5.44. The first kappa shape index (κ1) is 21.4. The minimum Gasteiger partial charge on any atom is -0.330 e. The molecular formula is C22H20Cl2N6S. The second-order valence-corrected chi connectivity index (χ2v) is 8.24. The molecule has 0 aliphatic rings. The summed E-state index contributed by atoms with van der Waals surface area (Å²) >= 11 is 18.0. The average Bonchev–Trinajstić information content (AvgIpc) is 3.31. The SMILES string of the molecule is Cc1cc(NC(=S)Nc2cnn(Cc3ccccc3)c2)nn1Cc1c(Cl)cccc1Cl. The summed E-state index contributed by atoms with van der Waals surface area (Å²) in [6, 6.07) is 17.5. The van der Waals surface area contributed by atoms with Crippen molar-refractivity contribution >= 4 is 52.0 Å². The van der Waals surface area contributed by atoms with Crippen LogP contribution in [0.2, 0.25) is 10.0 Å². The first-order valence-corrected chi connectivity index (χ1v) is 10.8. The molecule has 31 heavy (non-hydrogen) atoms. The van der Waals surface area contributed by atoms with Gasteiger partial charge in [0.2, 0.25) is 0 Å². The summed E-state index contributed by atoms with van der Waals surface area (Å²) in [4.78, 5) is 0. The van der Waals surface area contributed by atoms with E-state index in [1.807, 2.05) is 64.9 Å². The molecule has 4 rings (SSSR count). The molecule has 0 amide bonds. The van der Waals surface area contributed by atoms with Gasteiger partial charge in [-0.15, -0.1) is 0 Å². The first-order chi connectivity index (χ1) is 15.0. The van der Waals surface area contributed by atoms with Crippen molar-refractivity contribution in [2.45, 2.75) is 20.0 Å². The zero-order valence-electron chi connectivity index (χ0n) is 16.7. The van der Waals surface area contributed by atoms with E-state index in [0.717, 1.165) is 16.9 Å². The Morgan fingerprint density at radius 2 is 1.74 bits per heavy atom. The minimum absolute atomic E-state index is 0.430. The summed E-state index contributed by atoms with van der Waals surface area (Å²) in [5.41, 5.74) is 3.76. The summed E-state index contributed by atoms with van der Waals surface area (Å²) < 4.78 is 3.68. The highest BCUT2D eigenvalue weighted by atomic mass is 35.5. The predicted molar refractivity (Wildman–Crippen MR) is 130 cm³/mol.